The third-order valence-electron chi connectivity index (χ3n) is 5.51. The van der Waals surface area contributed by atoms with Gasteiger partial charge in [0, 0.05) is 18.5 Å². The van der Waals surface area contributed by atoms with Gasteiger partial charge in [-0.15, -0.1) is 0 Å². The van der Waals surface area contributed by atoms with Crippen LogP contribution in [-0.2, 0) is 19.6 Å². The van der Waals surface area contributed by atoms with Crippen LogP contribution in [0.15, 0.2) is 54.6 Å². The van der Waals surface area contributed by atoms with Gasteiger partial charge in [-0.3, -0.25) is 9.88 Å². The third kappa shape index (κ3) is 4.51. The Bertz CT molecular complexity index is 924. The van der Waals surface area contributed by atoms with Gasteiger partial charge in [-0.2, -0.15) is 0 Å². The molecule has 28 heavy (non-hydrogen) atoms. The summed E-state index contributed by atoms with van der Waals surface area (Å²) >= 11 is 0. The summed E-state index contributed by atoms with van der Waals surface area (Å²) in [7, 11) is 0. The number of likely N-dealkylation sites (tertiary alicyclic amines) is 1. The van der Waals surface area contributed by atoms with Gasteiger partial charge in [0.1, 0.15) is 5.75 Å². The molecule has 4 rings (SSSR count). The minimum Gasteiger partial charge on any atom is -0.494 e. The lowest BCUT2D eigenvalue weighted by atomic mass is 9.98. The summed E-state index contributed by atoms with van der Waals surface area (Å²) in [5.74, 6) is 1.59. The molecule has 1 N–H and O–H groups in total. The summed E-state index contributed by atoms with van der Waals surface area (Å²) in [6.45, 7) is 5.94. The zero-order chi connectivity index (χ0) is 19.3. The molecular weight excluding hydrogens is 348 g/mol. The molecule has 2 heterocycles. The number of aromatic nitrogens is 1. The molecule has 146 valence electrons. The minimum absolute atomic E-state index is 0.114. The van der Waals surface area contributed by atoms with Crippen molar-refractivity contribution in [1.29, 1.82) is 0 Å². The van der Waals surface area contributed by atoms with Crippen molar-refractivity contribution in [2.75, 3.05) is 19.7 Å². The lowest BCUT2D eigenvalue weighted by Gasteiger charge is -2.16. The van der Waals surface area contributed by atoms with E-state index in [0.29, 0.717) is 12.5 Å². The monoisotopic (exact) mass is 376 g/mol. The van der Waals surface area contributed by atoms with E-state index < -0.39 is 0 Å². The molecule has 1 atom stereocenters. The highest BCUT2D eigenvalue weighted by Crippen LogP contribution is 2.24. The average molecular weight is 377 g/mol. The van der Waals surface area contributed by atoms with Gasteiger partial charge in [0.2, 0.25) is 0 Å². The second-order valence-corrected chi connectivity index (χ2v) is 7.66. The molecular formula is C24H28N2O2. The zero-order valence-corrected chi connectivity index (χ0v) is 16.5. The largest absolute Gasteiger partial charge is 0.494 e. The van der Waals surface area contributed by atoms with Crippen LogP contribution in [0.2, 0.25) is 0 Å². The van der Waals surface area contributed by atoms with E-state index in [0.717, 1.165) is 54.0 Å². The molecule has 4 heteroatoms. The maximum atomic E-state index is 9.17. The van der Waals surface area contributed by atoms with Gasteiger partial charge < -0.3 is 9.84 Å². The number of pyridine rings is 1. The Balaban J connectivity index is 1.36. The topological polar surface area (TPSA) is 45.6 Å². The highest BCUT2D eigenvalue weighted by Gasteiger charge is 2.23. The summed E-state index contributed by atoms with van der Waals surface area (Å²) in [5.41, 5.74) is 4.50. The summed E-state index contributed by atoms with van der Waals surface area (Å²) in [5, 5.41) is 10.3. The molecule has 0 spiro atoms. The minimum atomic E-state index is 0.114. The summed E-state index contributed by atoms with van der Waals surface area (Å²) < 4.78 is 5.58. The normalized spacial score (nSPS) is 17.3. The Morgan fingerprint density at radius 1 is 1.07 bits per heavy atom. The van der Waals surface area contributed by atoms with E-state index in [2.05, 4.69) is 35.2 Å². The van der Waals surface area contributed by atoms with E-state index in [4.69, 9.17) is 9.72 Å². The highest BCUT2D eigenvalue weighted by molar-refractivity contribution is 5.80. The molecule has 3 aromatic rings. The highest BCUT2D eigenvalue weighted by atomic mass is 16.5. The van der Waals surface area contributed by atoms with Crippen molar-refractivity contribution in [3.63, 3.8) is 0 Å². The van der Waals surface area contributed by atoms with Gasteiger partial charge >= 0.3 is 0 Å². The maximum absolute atomic E-state index is 9.17. The number of nitrogens with zero attached hydrogens (tertiary/aromatic N) is 2. The van der Waals surface area contributed by atoms with Crippen molar-refractivity contribution in [1.82, 2.24) is 9.88 Å². The molecule has 4 nitrogen and oxygen atoms in total. The van der Waals surface area contributed by atoms with Crippen LogP contribution < -0.4 is 4.74 Å². The number of benzene rings is 2. The van der Waals surface area contributed by atoms with Crippen LogP contribution in [0.1, 0.15) is 30.2 Å². The molecule has 0 radical (unpaired) electrons. The first-order valence-corrected chi connectivity index (χ1v) is 10.2. The number of hydrogen-bond donors (Lipinski definition) is 1. The molecule has 0 saturated carbocycles. The molecule has 1 saturated heterocycles. The van der Waals surface area contributed by atoms with Crippen molar-refractivity contribution in [2.24, 2.45) is 5.92 Å². The Hall–Kier alpha value is -2.43. The van der Waals surface area contributed by atoms with Crippen LogP contribution >= 0.6 is 0 Å². The summed E-state index contributed by atoms with van der Waals surface area (Å²) in [4.78, 5) is 7.36. The fraction of sp³-hybridized carbons (Fsp3) is 0.375. The third-order valence-corrected chi connectivity index (χ3v) is 5.51. The first-order valence-electron chi connectivity index (χ1n) is 10.2. The quantitative estimate of drug-likeness (QED) is 0.672. The van der Waals surface area contributed by atoms with Gasteiger partial charge in [0.25, 0.3) is 0 Å². The number of aliphatic hydroxyl groups is 1. The van der Waals surface area contributed by atoms with Crippen molar-refractivity contribution in [2.45, 2.75) is 32.9 Å². The second-order valence-electron chi connectivity index (χ2n) is 7.66. The van der Waals surface area contributed by atoms with E-state index in [-0.39, 0.29) is 6.61 Å². The van der Waals surface area contributed by atoms with Gasteiger partial charge in [0.15, 0.2) is 0 Å². The Morgan fingerprint density at radius 2 is 1.89 bits per heavy atom. The van der Waals surface area contributed by atoms with Crippen LogP contribution in [0.3, 0.4) is 0 Å². The van der Waals surface area contributed by atoms with Crippen LogP contribution in [0.4, 0.5) is 0 Å². The lowest BCUT2D eigenvalue weighted by Crippen LogP contribution is -2.21. The fourth-order valence-corrected chi connectivity index (χ4v) is 4.06. The summed E-state index contributed by atoms with van der Waals surface area (Å²) in [6, 6.07) is 18.7. The Labute approximate surface area is 166 Å². The number of rotatable bonds is 7. The second kappa shape index (κ2) is 8.72. The molecule has 1 unspecified atom stereocenters. The lowest BCUT2D eigenvalue weighted by molar-refractivity contribution is 0.282. The molecule has 0 amide bonds. The van der Waals surface area contributed by atoms with Crippen molar-refractivity contribution < 1.29 is 9.84 Å². The molecule has 1 aliphatic heterocycles. The van der Waals surface area contributed by atoms with Crippen molar-refractivity contribution in [3.8, 4) is 5.75 Å². The number of ether oxygens (including phenoxy) is 1. The van der Waals surface area contributed by atoms with E-state index in [1.807, 2.05) is 31.2 Å². The molecule has 1 fully saturated rings. The van der Waals surface area contributed by atoms with Gasteiger partial charge in [-0.1, -0.05) is 30.3 Å². The molecule has 2 aromatic carbocycles. The SMILES string of the molecule is CCOc1ccc2nc(CN3CCC(Cc4ccc(CO)cc4)C3)ccc2c1. The van der Waals surface area contributed by atoms with E-state index in [9.17, 15) is 5.11 Å². The number of hydrogen-bond acceptors (Lipinski definition) is 4. The molecule has 0 bridgehead atoms. The predicted molar refractivity (Wildman–Crippen MR) is 112 cm³/mol. The van der Waals surface area contributed by atoms with E-state index >= 15 is 0 Å². The first-order chi connectivity index (χ1) is 13.7. The van der Waals surface area contributed by atoms with Crippen LogP contribution in [0.25, 0.3) is 10.9 Å². The Morgan fingerprint density at radius 3 is 2.68 bits per heavy atom. The van der Waals surface area contributed by atoms with E-state index in [1.54, 1.807) is 0 Å². The van der Waals surface area contributed by atoms with Crippen molar-refractivity contribution in [3.05, 3.63) is 71.4 Å². The number of aliphatic hydroxyl groups excluding tert-OH is 1. The van der Waals surface area contributed by atoms with Gasteiger partial charge in [0.05, 0.1) is 24.4 Å². The zero-order valence-electron chi connectivity index (χ0n) is 16.5. The van der Waals surface area contributed by atoms with Gasteiger partial charge in [-0.05, 0) is 67.6 Å². The van der Waals surface area contributed by atoms with Crippen LogP contribution in [0, 0.1) is 5.92 Å². The van der Waals surface area contributed by atoms with Crippen LogP contribution in [-0.4, -0.2) is 34.7 Å². The van der Waals surface area contributed by atoms with Gasteiger partial charge in [-0.25, -0.2) is 0 Å². The Kier molecular flexibility index (Phi) is 5.89. The maximum Gasteiger partial charge on any atom is 0.120 e. The molecule has 1 aromatic heterocycles. The molecule has 1 aliphatic rings. The molecule has 0 aliphatic carbocycles. The number of fused-ring (bicyclic) bond motifs is 1. The average Bonchev–Trinajstić information content (AvgIpc) is 3.15. The predicted octanol–water partition coefficient (Wildman–Crippen LogP) is 4.19. The standard InChI is InChI=1S/C24H28N2O2/c1-2-28-23-9-10-24-21(14-23)7-8-22(25-24)16-26-12-11-20(15-26)13-18-3-5-19(17-27)6-4-18/h3-10,14,20,27H,2,11-13,15-17H2,1H3. The van der Waals surface area contributed by atoms with Crippen molar-refractivity contribution >= 4 is 10.9 Å². The van der Waals surface area contributed by atoms with E-state index in [1.165, 1.54) is 12.0 Å². The summed E-state index contributed by atoms with van der Waals surface area (Å²) in [6.07, 6.45) is 2.33. The fourth-order valence-electron chi connectivity index (χ4n) is 4.06. The smallest absolute Gasteiger partial charge is 0.120 e. The van der Waals surface area contributed by atoms with Crippen LogP contribution in [0.5, 0.6) is 5.75 Å². The first kappa shape index (κ1) is 18.9.